The molecule has 2 N–H and O–H groups in total. The molecular weight excluding hydrogens is 280 g/mol. The van der Waals surface area contributed by atoms with E-state index in [1.807, 2.05) is 6.92 Å². The maximum absolute atomic E-state index is 12.0. The fourth-order valence-electron chi connectivity index (χ4n) is 1.91. The maximum Gasteiger partial charge on any atom is 0.271 e. The number of hydrogen-bond acceptors (Lipinski definition) is 4. The zero-order valence-corrected chi connectivity index (χ0v) is 12.5. The van der Waals surface area contributed by atoms with Crippen molar-refractivity contribution in [2.24, 2.45) is 5.10 Å². The van der Waals surface area contributed by atoms with Gasteiger partial charge in [-0.2, -0.15) is 5.10 Å². The average molecular weight is 298 g/mol. The molecular formula is C17H18N2O3. The van der Waals surface area contributed by atoms with Gasteiger partial charge in [0.1, 0.15) is 11.5 Å². The third-order valence-corrected chi connectivity index (χ3v) is 3.05. The molecule has 0 fully saturated rings. The highest BCUT2D eigenvalue weighted by Gasteiger charge is 2.07. The highest BCUT2D eigenvalue weighted by molar-refractivity contribution is 6.02. The SMILES string of the molecule is CCOc1ccc(C(=O)N/N=C(\C)c2ccccc2O)cc1. The zero-order chi connectivity index (χ0) is 15.9. The van der Waals surface area contributed by atoms with Crippen molar-refractivity contribution in [3.63, 3.8) is 0 Å². The molecule has 2 rings (SSSR count). The molecule has 1 amide bonds. The van der Waals surface area contributed by atoms with Gasteiger partial charge in [-0.15, -0.1) is 0 Å². The number of carbonyl (C=O) groups excluding carboxylic acids is 1. The minimum Gasteiger partial charge on any atom is -0.507 e. The number of phenolic OH excluding ortho intramolecular Hbond substituents is 1. The second kappa shape index (κ2) is 7.26. The number of ether oxygens (including phenoxy) is 1. The first-order chi connectivity index (χ1) is 10.6. The van der Waals surface area contributed by atoms with Crippen LogP contribution in [0.4, 0.5) is 0 Å². The Labute approximate surface area is 129 Å². The highest BCUT2D eigenvalue weighted by Crippen LogP contribution is 2.16. The molecule has 0 bridgehead atoms. The van der Waals surface area contributed by atoms with Crippen LogP contribution >= 0.6 is 0 Å². The largest absolute Gasteiger partial charge is 0.507 e. The number of phenols is 1. The van der Waals surface area contributed by atoms with E-state index in [4.69, 9.17) is 4.74 Å². The smallest absolute Gasteiger partial charge is 0.271 e. The van der Waals surface area contributed by atoms with Crippen LogP contribution in [0.3, 0.4) is 0 Å². The third kappa shape index (κ3) is 3.85. The van der Waals surface area contributed by atoms with Crippen molar-refractivity contribution in [1.82, 2.24) is 5.43 Å². The molecule has 5 nitrogen and oxygen atoms in total. The molecule has 0 spiro atoms. The van der Waals surface area contributed by atoms with Crippen LogP contribution in [0.2, 0.25) is 0 Å². The van der Waals surface area contributed by atoms with E-state index in [1.54, 1.807) is 55.5 Å². The number of hydrazone groups is 1. The lowest BCUT2D eigenvalue weighted by molar-refractivity contribution is 0.0955. The van der Waals surface area contributed by atoms with Crippen molar-refractivity contribution in [2.45, 2.75) is 13.8 Å². The number of hydrogen-bond donors (Lipinski definition) is 2. The standard InChI is InChI=1S/C17H18N2O3/c1-3-22-14-10-8-13(9-11-14)17(21)19-18-12(2)15-6-4-5-7-16(15)20/h4-11,20H,3H2,1-2H3,(H,19,21)/b18-12+. The molecule has 2 aromatic carbocycles. The van der Waals surface area contributed by atoms with E-state index in [2.05, 4.69) is 10.5 Å². The van der Waals surface area contributed by atoms with E-state index in [0.29, 0.717) is 29.2 Å². The number of carbonyl (C=O) groups is 1. The predicted octanol–water partition coefficient (Wildman–Crippen LogP) is 2.94. The average Bonchev–Trinajstić information content (AvgIpc) is 2.54. The molecule has 0 atom stereocenters. The van der Waals surface area contributed by atoms with Gasteiger partial charge in [-0.1, -0.05) is 12.1 Å². The lowest BCUT2D eigenvalue weighted by Gasteiger charge is -2.06. The monoisotopic (exact) mass is 298 g/mol. The van der Waals surface area contributed by atoms with Gasteiger partial charge in [0.05, 0.1) is 12.3 Å². The van der Waals surface area contributed by atoms with E-state index in [9.17, 15) is 9.90 Å². The molecule has 0 aliphatic carbocycles. The van der Waals surface area contributed by atoms with E-state index in [0.717, 1.165) is 0 Å². The van der Waals surface area contributed by atoms with Crippen molar-refractivity contribution in [1.29, 1.82) is 0 Å². The Morgan fingerprint density at radius 3 is 2.50 bits per heavy atom. The van der Waals surface area contributed by atoms with Gasteiger partial charge in [-0.05, 0) is 50.2 Å². The summed E-state index contributed by atoms with van der Waals surface area (Å²) in [7, 11) is 0. The van der Waals surface area contributed by atoms with Crippen LogP contribution in [-0.4, -0.2) is 23.3 Å². The van der Waals surface area contributed by atoms with Crippen molar-refractivity contribution in [3.8, 4) is 11.5 Å². The Balaban J connectivity index is 2.05. The molecule has 0 heterocycles. The lowest BCUT2D eigenvalue weighted by Crippen LogP contribution is -2.19. The summed E-state index contributed by atoms with van der Waals surface area (Å²) < 4.78 is 5.32. The Hall–Kier alpha value is -2.82. The van der Waals surface area contributed by atoms with Gasteiger partial charge in [0.2, 0.25) is 0 Å². The van der Waals surface area contributed by atoms with Crippen LogP contribution < -0.4 is 10.2 Å². The van der Waals surface area contributed by atoms with Crippen LogP contribution in [0.25, 0.3) is 0 Å². The summed E-state index contributed by atoms with van der Waals surface area (Å²) in [4.78, 5) is 12.0. The first kappa shape index (κ1) is 15.6. The van der Waals surface area contributed by atoms with E-state index in [1.165, 1.54) is 0 Å². The summed E-state index contributed by atoms with van der Waals surface area (Å²) in [5.41, 5.74) is 4.06. The second-order valence-corrected chi connectivity index (χ2v) is 4.61. The number of para-hydroxylation sites is 1. The zero-order valence-electron chi connectivity index (χ0n) is 12.5. The van der Waals surface area contributed by atoms with Gasteiger partial charge in [-0.3, -0.25) is 4.79 Å². The molecule has 0 saturated carbocycles. The van der Waals surface area contributed by atoms with E-state index < -0.39 is 0 Å². The normalized spacial score (nSPS) is 11.1. The Kier molecular flexibility index (Phi) is 5.14. The molecule has 2 aromatic rings. The third-order valence-electron chi connectivity index (χ3n) is 3.05. The quantitative estimate of drug-likeness (QED) is 0.658. The number of amides is 1. The predicted molar refractivity (Wildman–Crippen MR) is 85.4 cm³/mol. The topological polar surface area (TPSA) is 70.9 Å². The van der Waals surface area contributed by atoms with Gasteiger partial charge in [0.15, 0.2) is 0 Å². The first-order valence-corrected chi connectivity index (χ1v) is 6.97. The number of nitrogens with one attached hydrogen (secondary N) is 1. The van der Waals surface area contributed by atoms with E-state index >= 15 is 0 Å². The fourth-order valence-corrected chi connectivity index (χ4v) is 1.91. The molecule has 0 aliphatic rings. The highest BCUT2D eigenvalue weighted by atomic mass is 16.5. The van der Waals surface area contributed by atoms with Crippen LogP contribution in [0.1, 0.15) is 29.8 Å². The number of aromatic hydroxyl groups is 1. The molecule has 0 unspecified atom stereocenters. The van der Waals surface area contributed by atoms with E-state index in [-0.39, 0.29) is 11.7 Å². The second-order valence-electron chi connectivity index (χ2n) is 4.61. The Morgan fingerprint density at radius 1 is 1.18 bits per heavy atom. The molecule has 0 saturated heterocycles. The van der Waals surface area contributed by atoms with Gasteiger partial charge in [0, 0.05) is 11.1 Å². The van der Waals surface area contributed by atoms with Crippen molar-refractivity contribution in [3.05, 3.63) is 59.7 Å². The van der Waals surface area contributed by atoms with Gasteiger partial charge in [0.25, 0.3) is 5.91 Å². The van der Waals surface area contributed by atoms with Gasteiger partial charge in [-0.25, -0.2) is 5.43 Å². The van der Waals surface area contributed by atoms with Crippen LogP contribution in [0.15, 0.2) is 53.6 Å². The van der Waals surface area contributed by atoms with Crippen molar-refractivity contribution >= 4 is 11.6 Å². The molecule has 5 heteroatoms. The van der Waals surface area contributed by atoms with Crippen LogP contribution in [0, 0.1) is 0 Å². The lowest BCUT2D eigenvalue weighted by atomic mass is 10.1. The van der Waals surface area contributed by atoms with Gasteiger partial charge < -0.3 is 9.84 Å². The number of nitrogens with zero attached hydrogens (tertiary/aromatic N) is 1. The minimum atomic E-state index is -0.321. The molecule has 0 aliphatic heterocycles. The first-order valence-electron chi connectivity index (χ1n) is 6.97. The summed E-state index contributed by atoms with van der Waals surface area (Å²) in [5.74, 6) is 0.518. The molecule has 22 heavy (non-hydrogen) atoms. The van der Waals surface area contributed by atoms with Crippen molar-refractivity contribution < 1.29 is 14.6 Å². The molecule has 0 radical (unpaired) electrons. The van der Waals surface area contributed by atoms with Gasteiger partial charge >= 0.3 is 0 Å². The molecule has 0 aromatic heterocycles. The summed E-state index contributed by atoms with van der Waals surface area (Å²) in [6.45, 7) is 4.19. The number of rotatable bonds is 5. The maximum atomic E-state index is 12.0. The number of benzene rings is 2. The summed E-state index contributed by atoms with van der Waals surface area (Å²) in [6.07, 6.45) is 0. The van der Waals surface area contributed by atoms with Crippen molar-refractivity contribution in [2.75, 3.05) is 6.61 Å². The Bertz CT molecular complexity index is 679. The Morgan fingerprint density at radius 2 is 1.86 bits per heavy atom. The van der Waals surface area contributed by atoms with Crippen LogP contribution in [0.5, 0.6) is 11.5 Å². The minimum absolute atomic E-state index is 0.124. The summed E-state index contributed by atoms with van der Waals surface area (Å²) in [5, 5.41) is 13.8. The summed E-state index contributed by atoms with van der Waals surface area (Å²) in [6, 6.07) is 13.6. The summed E-state index contributed by atoms with van der Waals surface area (Å²) >= 11 is 0. The fraction of sp³-hybridized carbons (Fsp3) is 0.176. The van der Waals surface area contributed by atoms with Crippen LogP contribution in [-0.2, 0) is 0 Å². The molecule has 114 valence electrons.